The summed E-state index contributed by atoms with van der Waals surface area (Å²) in [4.78, 5) is 26.8. The van der Waals surface area contributed by atoms with Gasteiger partial charge in [0.25, 0.3) is 5.91 Å². The highest BCUT2D eigenvalue weighted by Gasteiger charge is 2.09. The lowest BCUT2D eigenvalue weighted by molar-refractivity contribution is -0.142. The molecule has 0 bridgehead atoms. The van der Waals surface area contributed by atoms with Crippen molar-refractivity contribution in [2.75, 3.05) is 13.2 Å². The summed E-state index contributed by atoms with van der Waals surface area (Å²) in [6.45, 7) is 4.14. The zero-order chi connectivity index (χ0) is 12.7. The third-order valence-electron chi connectivity index (χ3n) is 2.17. The van der Waals surface area contributed by atoms with E-state index in [-0.39, 0.29) is 24.8 Å². The van der Waals surface area contributed by atoms with E-state index in [0.717, 1.165) is 0 Å². The lowest BCUT2D eigenvalue weighted by atomic mass is 10.2. The Hall–Kier alpha value is -1.91. The number of aryl methyl sites for hydroxylation is 1. The molecule has 1 amide bonds. The number of carbonyl (C=O) groups excluding carboxylic acids is 2. The van der Waals surface area contributed by atoms with Gasteiger partial charge in [-0.05, 0) is 26.0 Å². The van der Waals surface area contributed by atoms with Gasteiger partial charge in [0.05, 0.1) is 18.6 Å². The van der Waals surface area contributed by atoms with Gasteiger partial charge >= 0.3 is 5.97 Å². The van der Waals surface area contributed by atoms with Crippen molar-refractivity contribution in [3.63, 3.8) is 0 Å². The first-order valence-electron chi connectivity index (χ1n) is 5.50. The molecule has 0 aromatic carbocycles. The first-order valence-corrected chi connectivity index (χ1v) is 5.50. The van der Waals surface area contributed by atoms with E-state index in [4.69, 9.17) is 4.74 Å². The SMILES string of the molecule is CCOC(=O)CCNC(=O)c1cccnc1C. The molecule has 0 fully saturated rings. The third-order valence-corrected chi connectivity index (χ3v) is 2.17. The maximum atomic E-state index is 11.7. The Morgan fingerprint density at radius 1 is 1.47 bits per heavy atom. The Morgan fingerprint density at radius 3 is 2.88 bits per heavy atom. The van der Waals surface area contributed by atoms with Gasteiger partial charge in [0.15, 0.2) is 0 Å². The van der Waals surface area contributed by atoms with Crippen molar-refractivity contribution in [1.29, 1.82) is 0 Å². The monoisotopic (exact) mass is 236 g/mol. The van der Waals surface area contributed by atoms with Crippen LogP contribution in [0.15, 0.2) is 18.3 Å². The minimum atomic E-state index is -0.310. The molecule has 0 spiro atoms. The van der Waals surface area contributed by atoms with Crippen molar-refractivity contribution < 1.29 is 14.3 Å². The summed E-state index contributed by atoms with van der Waals surface area (Å²) in [5.41, 5.74) is 1.19. The Morgan fingerprint density at radius 2 is 2.24 bits per heavy atom. The molecular weight excluding hydrogens is 220 g/mol. The molecule has 1 N–H and O–H groups in total. The molecule has 92 valence electrons. The van der Waals surface area contributed by atoms with E-state index in [2.05, 4.69) is 10.3 Å². The second-order valence-corrected chi connectivity index (χ2v) is 3.45. The lowest BCUT2D eigenvalue weighted by Gasteiger charge is -2.06. The molecule has 17 heavy (non-hydrogen) atoms. The minimum absolute atomic E-state index is 0.179. The number of hydrogen-bond donors (Lipinski definition) is 1. The topological polar surface area (TPSA) is 68.3 Å². The van der Waals surface area contributed by atoms with Gasteiger partial charge in [-0.25, -0.2) is 0 Å². The van der Waals surface area contributed by atoms with Gasteiger partial charge in [0.2, 0.25) is 0 Å². The highest BCUT2D eigenvalue weighted by Crippen LogP contribution is 2.02. The summed E-state index contributed by atoms with van der Waals surface area (Å²) < 4.78 is 4.75. The smallest absolute Gasteiger partial charge is 0.307 e. The number of amides is 1. The van der Waals surface area contributed by atoms with Crippen molar-refractivity contribution >= 4 is 11.9 Å². The zero-order valence-electron chi connectivity index (χ0n) is 10.0. The van der Waals surface area contributed by atoms with Crippen LogP contribution in [0, 0.1) is 6.92 Å². The van der Waals surface area contributed by atoms with E-state index in [9.17, 15) is 9.59 Å². The fraction of sp³-hybridized carbons (Fsp3) is 0.417. The van der Waals surface area contributed by atoms with Gasteiger partial charge in [-0.3, -0.25) is 14.6 Å². The standard InChI is InChI=1S/C12H16N2O3/c1-3-17-11(15)6-8-14-12(16)10-5-4-7-13-9(10)2/h4-5,7H,3,6,8H2,1-2H3,(H,14,16). The number of aromatic nitrogens is 1. The molecule has 0 atom stereocenters. The number of pyridine rings is 1. The molecule has 1 heterocycles. The van der Waals surface area contributed by atoms with Gasteiger partial charge in [-0.2, -0.15) is 0 Å². The van der Waals surface area contributed by atoms with Gasteiger partial charge < -0.3 is 10.1 Å². The van der Waals surface area contributed by atoms with Gasteiger partial charge in [-0.1, -0.05) is 0 Å². The van der Waals surface area contributed by atoms with Crippen LogP contribution in [0.3, 0.4) is 0 Å². The third kappa shape index (κ3) is 4.22. The summed E-state index contributed by atoms with van der Waals surface area (Å²) in [5, 5.41) is 2.65. The van der Waals surface area contributed by atoms with E-state index in [0.29, 0.717) is 17.9 Å². The Balaban J connectivity index is 2.41. The quantitative estimate of drug-likeness (QED) is 0.776. The highest BCUT2D eigenvalue weighted by atomic mass is 16.5. The van der Waals surface area contributed by atoms with E-state index < -0.39 is 0 Å². The second-order valence-electron chi connectivity index (χ2n) is 3.45. The minimum Gasteiger partial charge on any atom is -0.466 e. The van der Waals surface area contributed by atoms with Gasteiger partial charge in [-0.15, -0.1) is 0 Å². The average Bonchev–Trinajstić information content (AvgIpc) is 2.29. The summed E-state index contributed by atoms with van der Waals surface area (Å²) in [5.74, 6) is -0.532. The number of carbonyl (C=O) groups is 2. The van der Waals surface area contributed by atoms with Crippen molar-refractivity contribution in [2.24, 2.45) is 0 Å². The molecule has 0 aliphatic carbocycles. The maximum absolute atomic E-state index is 11.7. The molecule has 0 aliphatic heterocycles. The van der Waals surface area contributed by atoms with E-state index in [1.807, 2.05) is 0 Å². The average molecular weight is 236 g/mol. The lowest BCUT2D eigenvalue weighted by Crippen LogP contribution is -2.27. The molecule has 0 radical (unpaired) electrons. The fourth-order valence-corrected chi connectivity index (χ4v) is 1.33. The Kier molecular flexibility index (Phi) is 5.13. The normalized spacial score (nSPS) is 9.76. The highest BCUT2D eigenvalue weighted by molar-refractivity contribution is 5.95. The summed E-state index contributed by atoms with van der Waals surface area (Å²) in [6.07, 6.45) is 1.81. The van der Waals surface area contributed by atoms with Crippen LogP contribution >= 0.6 is 0 Å². The molecule has 1 aromatic rings. The number of esters is 1. The number of rotatable bonds is 5. The van der Waals surface area contributed by atoms with Crippen LogP contribution < -0.4 is 5.32 Å². The molecule has 0 unspecified atom stereocenters. The molecule has 1 rings (SSSR count). The molecule has 0 aliphatic rings. The number of hydrogen-bond acceptors (Lipinski definition) is 4. The fourth-order valence-electron chi connectivity index (χ4n) is 1.33. The number of nitrogens with zero attached hydrogens (tertiary/aromatic N) is 1. The van der Waals surface area contributed by atoms with Gasteiger partial charge in [0.1, 0.15) is 0 Å². The second kappa shape index (κ2) is 6.62. The molecule has 0 saturated heterocycles. The van der Waals surface area contributed by atoms with Crippen LogP contribution in [0.4, 0.5) is 0 Å². The van der Waals surface area contributed by atoms with Crippen LogP contribution in [0.1, 0.15) is 29.4 Å². The number of ether oxygens (including phenoxy) is 1. The molecule has 0 saturated carbocycles. The van der Waals surface area contributed by atoms with Crippen LogP contribution in [0.5, 0.6) is 0 Å². The molecule has 1 aromatic heterocycles. The first kappa shape index (κ1) is 13.2. The summed E-state index contributed by atoms with van der Waals surface area (Å²) >= 11 is 0. The Bertz CT molecular complexity index is 404. The van der Waals surface area contributed by atoms with Crippen LogP contribution in [-0.2, 0) is 9.53 Å². The van der Waals surface area contributed by atoms with Crippen LogP contribution in [0.25, 0.3) is 0 Å². The van der Waals surface area contributed by atoms with Crippen molar-refractivity contribution in [2.45, 2.75) is 20.3 Å². The van der Waals surface area contributed by atoms with Gasteiger partial charge in [0, 0.05) is 18.4 Å². The summed E-state index contributed by atoms with van der Waals surface area (Å²) in [7, 11) is 0. The van der Waals surface area contributed by atoms with Crippen LogP contribution in [-0.4, -0.2) is 30.0 Å². The van der Waals surface area contributed by atoms with E-state index in [1.54, 1.807) is 32.2 Å². The summed E-state index contributed by atoms with van der Waals surface area (Å²) in [6, 6.07) is 3.40. The Labute approximate surface area is 100 Å². The molecule has 5 heteroatoms. The van der Waals surface area contributed by atoms with E-state index >= 15 is 0 Å². The predicted molar refractivity (Wildman–Crippen MR) is 62.6 cm³/mol. The molecule has 5 nitrogen and oxygen atoms in total. The maximum Gasteiger partial charge on any atom is 0.307 e. The van der Waals surface area contributed by atoms with Crippen molar-refractivity contribution in [3.05, 3.63) is 29.6 Å². The number of nitrogens with one attached hydrogen (secondary N) is 1. The van der Waals surface area contributed by atoms with Crippen LogP contribution in [0.2, 0.25) is 0 Å². The van der Waals surface area contributed by atoms with Crippen molar-refractivity contribution in [3.8, 4) is 0 Å². The zero-order valence-corrected chi connectivity index (χ0v) is 10.0. The predicted octanol–water partition coefficient (Wildman–Crippen LogP) is 1.07. The van der Waals surface area contributed by atoms with Crippen molar-refractivity contribution in [1.82, 2.24) is 10.3 Å². The largest absolute Gasteiger partial charge is 0.466 e. The first-order chi connectivity index (χ1) is 8.15. The van der Waals surface area contributed by atoms with E-state index in [1.165, 1.54) is 0 Å². The molecular formula is C12H16N2O3.